The molecular weight excluding hydrogens is 180 g/mol. The van der Waals surface area contributed by atoms with Crippen LogP contribution >= 0.6 is 0 Å². The van der Waals surface area contributed by atoms with E-state index < -0.39 is 5.63 Å². The molecule has 0 aliphatic rings. The van der Waals surface area contributed by atoms with E-state index in [1.54, 1.807) is 19.2 Å². The van der Waals surface area contributed by atoms with Gasteiger partial charge in [0.15, 0.2) is 0 Å². The van der Waals surface area contributed by atoms with Crippen molar-refractivity contribution >= 4 is 11.0 Å². The van der Waals surface area contributed by atoms with E-state index >= 15 is 0 Å². The van der Waals surface area contributed by atoms with Gasteiger partial charge in [0.2, 0.25) is 0 Å². The Morgan fingerprint density at radius 3 is 2.86 bits per heavy atom. The molecule has 0 bridgehead atoms. The molecule has 0 aliphatic carbocycles. The lowest BCUT2D eigenvalue weighted by molar-refractivity contribution is 0.414. The number of fused-ring (bicyclic) bond motifs is 1. The Labute approximate surface area is 80.9 Å². The lowest BCUT2D eigenvalue weighted by atomic mass is 10.2. The number of hydrogen-bond donors (Lipinski definition) is 0. The summed E-state index contributed by atoms with van der Waals surface area (Å²) >= 11 is 0. The largest absolute Gasteiger partial charge is 0.497 e. The van der Waals surface area contributed by atoms with Gasteiger partial charge in [-0.2, -0.15) is 0 Å². The molecule has 0 aliphatic heterocycles. The molecule has 0 saturated heterocycles. The van der Waals surface area contributed by atoms with E-state index in [0.717, 1.165) is 5.39 Å². The number of methoxy groups -OCH3 is 1. The molecule has 3 heteroatoms. The van der Waals surface area contributed by atoms with E-state index in [9.17, 15) is 4.79 Å². The molecule has 0 unspecified atom stereocenters. The van der Waals surface area contributed by atoms with Crippen molar-refractivity contribution in [3.05, 3.63) is 47.2 Å². The predicted molar refractivity (Wildman–Crippen MR) is 53.5 cm³/mol. The fraction of sp³-hybridized carbons (Fsp3) is 0.0909. The smallest absolute Gasteiger partial charge is 0.339 e. The lowest BCUT2D eigenvalue weighted by Crippen LogP contribution is -2.01. The predicted octanol–water partition coefficient (Wildman–Crippen LogP) is 1.98. The Morgan fingerprint density at radius 2 is 2.14 bits per heavy atom. The first-order chi connectivity index (χ1) is 6.70. The van der Waals surface area contributed by atoms with E-state index in [2.05, 4.69) is 6.92 Å². The van der Waals surface area contributed by atoms with Gasteiger partial charge >= 0.3 is 5.63 Å². The molecule has 2 aromatic rings. The summed E-state index contributed by atoms with van der Waals surface area (Å²) < 4.78 is 10.1. The van der Waals surface area contributed by atoms with Crippen molar-refractivity contribution in [3.8, 4) is 5.75 Å². The molecule has 0 atom stereocenters. The molecule has 71 valence electrons. The zero-order chi connectivity index (χ0) is 10.1. The third-order valence-electron chi connectivity index (χ3n) is 2.02. The Hall–Kier alpha value is -1.77. The summed E-state index contributed by atoms with van der Waals surface area (Å²) in [5, 5.41) is 0.843. The second kappa shape index (κ2) is 3.18. The zero-order valence-corrected chi connectivity index (χ0v) is 7.74. The minimum Gasteiger partial charge on any atom is -0.497 e. The maximum atomic E-state index is 11.2. The molecule has 0 saturated carbocycles. The number of ether oxygens (including phenoxy) is 1. The summed E-state index contributed by atoms with van der Waals surface area (Å²) in [6, 6.07) is 7.00. The molecule has 1 aromatic carbocycles. The van der Waals surface area contributed by atoms with Crippen molar-refractivity contribution in [2.75, 3.05) is 7.11 Å². The molecule has 0 N–H and O–H groups in total. The minimum atomic E-state index is -0.411. The van der Waals surface area contributed by atoms with Crippen molar-refractivity contribution in [2.45, 2.75) is 0 Å². The van der Waals surface area contributed by atoms with Crippen LogP contribution in [0, 0.1) is 6.92 Å². The highest BCUT2D eigenvalue weighted by Gasteiger charge is 2.02. The van der Waals surface area contributed by atoms with Crippen LogP contribution in [0.5, 0.6) is 5.75 Å². The van der Waals surface area contributed by atoms with Crippen LogP contribution in [0.2, 0.25) is 0 Å². The summed E-state index contributed by atoms with van der Waals surface area (Å²) in [5.74, 6) is 0.664. The van der Waals surface area contributed by atoms with Crippen LogP contribution in [0.3, 0.4) is 0 Å². The summed E-state index contributed by atoms with van der Waals surface area (Å²) in [6.45, 7) is 3.58. The van der Waals surface area contributed by atoms with Gasteiger partial charge in [0.05, 0.1) is 7.11 Å². The van der Waals surface area contributed by atoms with E-state index in [1.807, 2.05) is 12.1 Å². The minimum absolute atomic E-state index is 0.364. The highest BCUT2D eigenvalue weighted by atomic mass is 16.5. The van der Waals surface area contributed by atoms with Gasteiger partial charge in [-0.1, -0.05) is 0 Å². The van der Waals surface area contributed by atoms with Gasteiger partial charge in [-0.3, -0.25) is 0 Å². The van der Waals surface area contributed by atoms with E-state index in [4.69, 9.17) is 9.15 Å². The Bertz CT molecular complexity index is 526. The molecule has 0 fully saturated rings. The average molecular weight is 189 g/mol. The third-order valence-corrected chi connectivity index (χ3v) is 2.02. The first-order valence-electron chi connectivity index (χ1n) is 4.14. The van der Waals surface area contributed by atoms with Crippen LogP contribution in [0.1, 0.15) is 5.56 Å². The molecule has 14 heavy (non-hydrogen) atoms. The topological polar surface area (TPSA) is 39.4 Å². The molecule has 2 rings (SSSR count). The monoisotopic (exact) mass is 189 g/mol. The van der Waals surface area contributed by atoms with Crippen LogP contribution in [0.25, 0.3) is 11.0 Å². The van der Waals surface area contributed by atoms with Crippen molar-refractivity contribution in [1.29, 1.82) is 0 Å². The molecule has 1 heterocycles. The normalized spacial score (nSPS) is 10.4. The highest BCUT2D eigenvalue weighted by Crippen LogP contribution is 2.19. The SMILES string of the molecule is [CH2]c1cc2ccc(OC)cc2oc1=O. The third kappa shape index (κ3) is 1.37. The van der Waals surface area contributed by atoms with Gasteiger partial charge in [0.1, 0.15) is 11.3 Å². The van der Waals surface area contributed by atoms with Gasteiger partial charge in [-0.15, -0.1) is 0 Å². The van der Waals surface area contributed by atoms with Crippen LogP contribution < -0.4 is 10.4 Å². The van der Waals surface area contributed by atoms with Gasteiger partial charge in [0.25, 0.3) is 0 Å². The quantitative estimate of drug-likeness (QED) is 0.644. The summed E-state index contributed by atoms with van der Waals surface area (Å²) in [6.07, 6.45) is 0. The standard InChI is InChI=1S/C11H9O3/c1-7-5-8-3-4-9(13-2)6-10(8)14-11(7)12/h3-6H,1H2,2H3. The van der Waals surface area contributed by atoms with Gasteiger partial charge in [-0.25, -0.2) is 4.79 Å². The van der Waals surface area contributed by atoms with Crippen molar-refractivity contribution in [3.63, 3.8) is 0 Å². The lowest BCUT2D eigenvalue weighted by Gasteiger charge is -2.01. The van der Waals surface area contributed by atoms with Crippen LogP contribution in [-0.2, 0) is 0 Å². The highest BCUT2D eigenvalue weighted by molar-refractivity contribution is 5.78. The van der Waals surface area contributed by atoms with Crippen molar-refractivity contribution < 1.29 is 9.15 Å². The first-order valence-corrected chi connectivity index (χ1v) is 4.14. The summed E-state index contributed by atoms with van der Waals surface area (Å²) in [5.41, 5.74) is 0.468. The average Bonchev–Trinajstić information content (AvgIpc) is 2.19. The molecule has 0 spiro atoms. The van der Waals surface area contributed by atoms with Crippen molar-refractivity contribution in [2.24, 2.45) is 0 Å². The van der Waals surface area contributed by atoms with Crippen LogP contribution in [-0.4, -0.2) is 7.11 Å². The number of rotatable bonds is 1. The van der Waals surface area contributed by atoms with E-state index in [0.29, 0.717) is 16.9 Å². The summed E-state index contributed by atoms with van der Waals surface area (Å²) in [4.78, 5) is 11.2. The fourth-order valence-corrected chi connectivity index (χ4v) is 1.26. The Balaban J connectivity index is 2.77. The first kappa shape index (κ1) is 8.81. The number of hydrogen-bond acceptors (Lipinski definition) is 3. The van der Waals surface area contributed by atoms with Gasteiger partial charge in [-0.05, 0) is 25.1 Å². The van der Waals surface area contributed by atoms with Gasteiger partial charge in [0, 0.05) is 17.0 Å². The summed E-state index contributed by atoms with van der Waals surface area (Å²) in [7, 11) is 1.56. The Morgan fingerprint density at radius 1 is 1.36 bits per heavy atom. The zero-order valence-electron chi connectivity index (χ0n) is 7.74. The second-order valence-corrected chi connectivity index (χ2v) is 2.96. The molecular formula is C11H9O3. The Kier molecular flexibility index (Phi) is 2.00. The fourth-order valence-electron chi connectivity index (χ4n) is 1.26. The van der Waals surface area contributed by atoms with Crippen LogP contribution in [0.4, 0.5) is 0 Å². The van der Waals surface area contributed by atoms with Crippen molar-refractivity contribution in [1.82, 2.24) is 0 Å². The van der Waals surface area contributed by atoms with Gasteiger partial charge < -0.3 is 9.15 Å². The number of benzene rings is 1. The second-order valence-electron chi connectivity index (χ2n) is 2.96. The maximum Gasteiger partial charge on any atom is 0.339 e. The maximum absolute atomic E-state index is 11.2. The van der Waals surface area contributed by atoms with Crippen LogP contribution in [0.15, 0.2) is 33.5 Å². The molecule has 3 nitrogen and oxygen atoms in total. The molecule has 1 radical (unpaired) electrons. The molecule has 0 amide bonds. The molecule has 1 aromatic heterocycles. The van der Waals surface area contributed by atoms with E-state index in [1.165, 1.54) is 0 Å². The van der Waals surface area contributed by atoms with E-state index in [-0.39, 0.29) is 0 Å².